The highest BCUT2D eigenvalue weighted by atomic mass is 19.1. The molecule has 0 N–H and O–H groups in total. The Balaban J connectivity index is 1.36. The number of nitrogens with zero attached hydrogens (tertiary/aromatic N) is 6. The summed E-state index contributed by atoms with van der Waals surface area (Å²) in [5.41, 5.74) is 2.67. The Morgan fingerprint density at radius 2 is 2.10 bits per heavy atom. The van der Waals surface area contributed by atoms with Crippen LogP contribution in [-0.4, -0.2) is 52.0 Å². The third kappa shape index (κ3) is 3.08. The van der Waals surface area contributed by atoms with Gasteiger partial charge in [-0.15, -0.1) is 0 Å². The van der Waals surface area contributed by atoms with Gasteiger partial charge >= 0.3 is 0 Å². The first-order valence-electron chi connectivity index (χ1n) is 9.37. The van der Waals surface area contributed by atoms with Crippen LogP contribution in [0.5, 0.6) is 5.75 Å². The molecular formula is C20H19FN6O2. The first kappa shape index (κ1) is 17.6. The molecule has 3 aromatic rings. The van der Waals surface area contributed by atoms with Crippen LogP contribution >= 0.6 is 0 Å². The number of methoxy groups -OCH3 is 1. The van der Waals surface area contributed by atoms with Crippen molar-refractivity contribution in [3.05, 3.63) is 54.2 Å². The number of aromatic nitrogens is 4. The number of carbonyl (C=O) groups excluding carboxylic acids is 1. The molecule has 8 nitrogen and oxygen atoms in total. The predicted octanol–water partition coefficient (Wildman–Crippen LogP) is 2.38. The molecule has 0 saturated carbocycles. The van der Waals surface area contributed by atoms with E-state index in [0.29, 0.717) is 48.7 Å². The second-order valence-corrected chi connectivity index (χ2v) is 7.11. The molecule has 1 fully saturated rings. The van der Waals surface area contributed by atoms with Crippen LogP contribution in [0.2, 0.25) is 0 Å². The normalized spacial score (nSPS) is 18.4. The van der Waals surface area contributed by atoms with E-state index in [9.17, 15) is 9.18 Å². The first-order chi connectivity index (χ1) is 14.1. The van der Waals surface area contributed by atoms with Crippen molar-refractivity contribution in [1.82, 2.24) is 19.7 Å². The highest BCUT2D eigenvalue weighted by Gasteiger charge is 2.32. The van der Waals surface area contributed by atoms with Crippen molar-refractivity contribution in [2.24, 2.45) is 0 Å². The molecule has 2 aliphatic heterocycles. The Kier molecular flexibility index (Phi) is 4.15. The van der Waals surface area contributed by atoms with E-state index in [-0.39, 0.29) is 5.91 Å². The molecule has 0 aliphatic carbocycles. The topological polar surface area (TPSA) is 76.4 Å². The zero-order valence-electron chi connectivity index (χ0n) is 15.8. The Morgan fingerprint density at radius 1 is 1.21 bits per heavy atom. The summed E-state index contributed by atoms with van der Waals surface area (Å²) in [6.45, 7) is 1.42. The summed E-state index contributed by atoms with van der Waals surface area (Å²) in [6.07, 6.45) is 6.38. The molecule has 5 heterocycles. The van der Waals surface area contributed by atoms with E-state index >= 15 is 0 Å². The average Bonchev–Trinajstić information content (AvgIpc) is 3.44. The van der Waals surface area contributed by atoms with Crippen LogP contribution in [0.3, 0.4) is 0 Å². The highest BCUT2D eigenvalue weighted by molar-refractivity contribution is 6.09. The Morgan fingerprint density at radius 3 is 2.79 bits per heavy atom. The monoisotopic (exact) mass is 394 g/mol. The van der Waals surface area contributed by atoms with Crippen molar-refractivity contribution < 1.29 is 13.9 Å². The van der Waals surface area contributed by atoms with Gasteiger partial charge in [0.05, 0.1) is 61.4 Å². The zero-order chi connectivity index (χ0) is 20.0. The molecule has 148 valence electrons. The van der Waals surface area contributed by atoms with Crippen molar-refractivity contribution in [3.63, 3.8) is 0 Å². The molecule has 3 aromatic heterocycles. The SMILES string of the molecule is COc1cncc(N2Cc3nn(-c4ccc(N5CC[C@H](F)C5)nc4)cc3C2=O)c1. The van der Waals surface area contributed by atoms with Crippen LogP contribution in [0.4, 0.5) is 15.9 Å². The molecule has 0 aromatic carbocycles. The molecule has 1 atom stereocenters. The van der Waals surface area contributed by atoms with E-state index in [1.54, 1.807) is 47.5 Å². The molecule has 0 spiro atoms. The predicted molar refractivity (Wildman–Crippen MR) is 104 cm³/mol. The molecular weight excluding hydrogens is 375 g/mol. The lowest BCUT2D eigenvalue weighted by Gasteiger charge is -2.17. The van der Waals surface area contributed by atoms with Gasteiger partial charge in [0.2, 0.25) is 0 Å². The molecule has 5 rings (SSSR count). The fourth-order valence-corrected chi connectivity index (χ4v) is 3.71. The van der Waals surface area contributed by atoms with Gasteiger partial charge in [0.25, 0.3) is 5.91 Å². The van der Waals surface area contributed by atoms with Crippen LogP contribution in [-0.2, 0) is 6.54 Å². The van der Waals surface area contributed by atoms with Crippen molar-refractivity contribution in [2.45, 2.75) is 19.1 Å². The number of amides is 1. The second-order valence-electron chi connectivity index (χ2n) is 7.11. The quantitative estimate of drug-likeness (QED) is 0.676. The van der Waals surface area contributed by atoms with Crippen LogP contribution in [0.15, 0.2) is 43.0 Å². The van der Waals surface area contributed by atoms with Gasteiger partial charge in [-0.1, -0.05) is 0 Å². The number of anilines is 2. The maximum atomic E-state index is 13.4. The fraction of sp³-hybridized carbons (Fsp3) is 0.300. The zero-order valence-corrected chi connectivity index (χ0v) is 15.8. The van der Waals surface area contributed by atoms with Crippen LogP contribution < -0.4 is 14.5 Å². The van der Waals surface area contributed by atoms with Gasteiger partial charge in [0.15, 0.2) is 0 Å². The Bertz CT molecular complexity index is 1070. The number of rotatable bonds is 4. The molecule has 9 heteroatoms. The Labute approximate surface area is 166 Å². The summed E-state index contributed by atoms with van der Waals surface area (Å²) in [5.74, 6) is 1.21. The van der Waals surface area contributed by atoms with Crippen molar-refractivity contribution >= 4 is 17.4 Å². The highest BCUT2D eigenvalue weighted by Crippen LogP contribution is 2.30. The third-order valence-electron chi connectivity index (χ3n) is 5.27. The van der Waals surface area contributed by atoms with E-state index in [4.69, 9.17) is 4.74 Å². The largest absolute Gasteiger partial charge is 0.495 e. The summed E-state index contributed by atoms with van der Waals surface area (Å²) in [7, 11) is 1.56. The molecule has 1 amide bonds. The summed E-state index contributed by atoms with van der Waals surface area (Å²) in [5, 5.41) is 4.56. The molecule has 0 unspecified atom stereocenters. The number of fused-ring (bicyclic) bond motifs is 1. The van der Waals surface area contributed by atoms with Crippen molar-refractivity contribution in [3.8, 4) is 11.4 Å². The number of halogens is 1. The van der Waals surface area contributed by atoms with E-state index in [2.05, 4.69) is 15.1 Å². The van der Waals surface area contributed by atoms with Gasteiger partial charge in [0, 0.05) is 18.8 Å². The minimum absolute atomic E-state index is 0.128. The third-order valence-corrected chi connectivity index (χ3v) is 5.27. The number of carbonyl (C=O) groups is 1. The minimum Gasteiger partial charge on any atom is -0.495 e. The average molecular weight is 394 g/mol. The van der Waals surface area contributed by atoms with Gasteiger partial charge < -0.3 is 14.5 Å². The van der Waals surface area contributed by atoms with E-state index < -0.39 is 6.17 Å². The lowest BCUT2D eigenvalue weighted by molar-refractivity contribution is 0.0996. The summed E-state index contributed by atoms with van der Waals surface area (Å²) in [4.78, 5) is 25.0. The number of pyridine rings is 2. The van der Waals surface area contributed by atoms with Gasteiger partial charge in [-0.2, -0.15) is 5.10 Å². The van der Waals surface area contributed by atoms with Gasteiger partial charge in [-0.25, -0.2) is 14.1 Å². The van der Waals surface area contributed by atoms with Crippen LogP contribution in [0.25, 0.3) is 5.69 Å². The Hall–Kier alpha value is -3.49. The molecule has 0 bridgehead atoms. The summed E-state index contributed by atoms with van der Waals surface area (Å²) in [6, 6.07) is 5.51. The van der Waals surface area contributed by atoms with Crippen molar-refractivity contribution in [2.75, 3.05) is 30.0 Å². The molecule has 29 heavy (non-hydrogen) atoms. The lowest BCUT2D eigenvalue weighted by Crippen LogP contribution is -2.24. The molecule has 2 aliphatic rings. The van der Waals surface area contributed by atoms with E-state index in [0.717, 1.165) is 11.5 Å². The van der Waals surface area contributed by atoms with Gasteiger partial charge in [-0.05, 0) is 18.6 Å². The summed E-state index contributed by atoms with van der Waals surface area (Å²) < 4.78 is 20.2. The maximum Gasteiger partial charge on any atom is 0.262 e. The smallest absolute Gasteiger partial charge is 0.262 e. The minimum atomic E-state index is -0.792. The second kappa shape index (κ2) is 6.84. The molecule has 1 saturated heterocycles. The van der Waals surface area contributed by atoms with Crippen LogP contribution in [0.1, 0.15) is 22.5 Å². The number of alkyl halides is 1. The number of ether oxygens (including phenoxy) is 1. The fourth-order valence-electron chi connectivity index (χ4n) is 3.71. The number of hydrogen-bond donors (Lipinski definition) is 0. The molecule has 0 radical (unpaired) electrons. The van der Waals surface area contributed by atoms with E-state index in [1.807, 2.05) is 17.0 Å². The van der Waals surface area contributed by atoms with E-state index in [1.165, 1.54) is 0 Å². The number of hydrogen-bond acceptors (Lipinski definition) is 6. The maximum absolute atomic E-state index is 13.4. The van der Waals surface area contributed by atoms with Gasteiger partial charge in [0.1, 0.15) is 17.7 Å². The lowest BCUT2D eigenvalue weighted by atomic mass is 10.3. The first-order valence-corrected chi connectivity index (χ1v) is 9.37. The van der Waals surface area contributed by atoms with Gasteiger partial charge in [-0.3, -0.25) is 9.78 Å². The van der Waals surface area contributed by atoms with Crippen LogP contribution in [0, 0.1) is 0 Å². The standard InChI is InChI=1S/C20H19FN6O2/c1-29-16-6-15(7-22-9-16)26-12-18-17(20(26)28)11-27(24-18)14-2-3-19(23-8-14)25-5-4-13(21)10-25/h2-3,6-9,11,13H,4-5,10,12H2,1H3/t13-/m0/s1. The van der Waals surface area contributed by atoms with Crippen molar-refractivity contribution in [1.29, 1.82) is 0 Å². The summed E-state index contributed by atoms with van der Waals surface area (Å²) >= 11 is 0.